The number of nitrogens with two attached hydrogens (primary N) is 1. The van der Waals surface area contributed by atoms with E-state index in [0.717, 1.165) is 0 Å². The number of hydrogen-bond acceptors (Lipinski definition) is 8. The summed E-state index contributed by atoms with van der Waals surface area (Å²) < 4.78 is 5.15. The topological polar surface area (TPSA) is 167 Å². The van der Waals surface area contributed by atoms with E-state index >= 15 is 0 Å². The average Bonchev–Trinajstić information content (AvgIpc) is 2.85. The monoisotopic (exact) mass is 517 g/mol. The molecule has 9 heteroatoms. The number of benzene rings is 2. The lowest BCUT2D eigenvalue weighted by Gasteiger charge is -2.41. The summed E-state index contributed by atoms with van der Waals surface area (Å²) in [6, 6.07) is 8.30. The van der Waals surface area contributed by atoms with Crippen LogP contribution in [-0.4, -0.2) is 45.0 Å². The van der Waals surface area contributed by atoms with Crippen LogP contribution in [0.1, 0.15) is 39.9 Å². The maximum Gasteiger partial charge on any atom is 0.255 e. The largest absolute Gasteiger partial charge is 0.511 e. The number of ether oxygens (including phenoxy) is 1. The van der Waals surface area contributed by atoms with Gasteiger partial charge in [-0.3, -0.25) is 14.4 Å². The number of methoxy groups -OCH3 is 1. The number of primary amides is 1. The van der Waals surface area contributed by atoms with E-state index in [9.17, 15) is 34.8 Å². The molecule has 3 atom stereocenters. The summed E-state index contributed by atoms with van der Waals surface area (Å²) in [6.45, 7) is 0. The van der Waals surface area contributed by atoms with Crippen LogP contribution in [0.5, 0.6) is 17.2 Å². The molecule has 2 aromatic rings. The third-order valence-electron chi connectivity index (χ3n) is 7.74. The number of phenols is 2. The van der Waals surface area contributed by atoms with E-state index in [2.05, 4.69) is 0 Å². The Kier molecular flexibility index (Phi) is 6.22. The minimum absolute atomic E-state index is 0.0135. The Morgan fingerprint density at radius 3 is 2.58 bits per heavy atom. The molecule has 0 heterocycles. The highest BCUT2D eigenvalue weighted by atomic mass is 16.5. The lowest BCUT2D eigenvalue weighted by molar-refractivity contribution is -0.126. The minimum Gasteiger partial charge on any atom is -0.511 e. The van der Waals surface area contributed by atoms with Gasteiger partial charge in [-0.1, -0.05) is 30.4 Å². The van der Waals surface area contributed by atoms with E-state index in [1.807, 2.05) is 12.2 Å². The highest BCUT2D eigenvalue weighted by molar-refractivity contribution is 6.22. The van der Waals surface area contributed by atoms with Crippen LogP contribution in [0.15, 0.2) is 59.1 Å². The van der Waals surface area contributed by atoms with Crippen molar-refractivity contribution in [3.8, 4) is 17.2 Å². The minimum atomic E-state index is -1.15. The summed E-state index contributed by atoms with van der Waals surface area (Å²) in [5.74, 6) is -5.19. The Hall–Kier alpha value is -4.53. The molecular weight excluding hydrogens is 490 g/mol. The molecule has 38 heavy (non-hydrogen) atoms. The van der Waals surface area contributed by atoms with Gasteiger partial charge >= 0.3 is 0 Å². The molecule has 3 aliphatic rings. The quantitative estimate of drug-likeness (QED) is 0.376. The molecule has 6 N–H and O–H groups in total. The van der Waals surface area contributed by atoms with Crippen LogP contribution in [0.4, 0.5) is 0 Å². The zero-order chi connectivity index (χ0) is 27.3. The van der Waals surface area contributed by atoms with Crippen molar-refractivity contribution in [3.05, 3.63) is 81.3 Å². The Bertz CT molecular complexity index is 1480. The molecule has 2 aromatic carbocycles. The standard InChI is InChI=1S/C29H27NO8/c1-38-20-7-3-6-14(25(20)33)5-2-4-13-8-9-18(31)23-17(13)11-15-10-16-12-19(32)24(29(30)37)28(36)22(16)26(34)21(15)27(23)35/h2-4,6-9,15-16,22,31-34H,5,10-12H2,1H3,(H2,30,37)/b4-2-/t15-,16+,22?/m1/s1. The highest BCUT2D eigenvalue weighted by Crippen LogP contribution is 2.49. The number of hydrogen-bond donors (Lipinski definition) is 5. The van der Waals surface area contributed by atoms with Crippen molar-refractivity contribution in [2.75, 3.05) is 7.11 Å². The van der Waals surface area contributed by atoms with Crippen LogP contribution >= 0.6 is 0 Å². The zero-order valence-corrected chi connectivity index (χ0v) is 20.6. The second-order valence-corrected chi connectivity index (χ2v) is 9.86. The fraction of sp³-hybridized carbons (Fsp3) is 0.276. The van der Waals surface area contributed by atoms with Gasteiger partial charge in [0.25, 0.3) is 5.91 Å². The number of rotatable bonds is 5. The van der Waals surface area contributed by atoms with Gasteiger partial charge in [0.1, 0.15) is 22.8 Å². The molecule has 5 rings (SSSR count). The third-order valence-corrected chi connectivity index (χ3v) is 7.74. The van der Waals surface area contributed by atoms with E-state index in [1.54, 1.807) is 24.3 Å². The smallest absolute Gasteiger partial charge is 0.255 e. The van der Waals surface area contributed by atoms with E-state index < -0.39 is 52.3 Å². The van der Waals surface area contributed by atoms with Gasteiger partial charge < -0.3 is 30.9 Å². The fourth-order valence-corrected chi connectivity index (χ4v) is 6.03. The van der Waals surface area contributed by atoms with Gasteiger partial charge in [0.05, 0.1) is 18.6 Å². The van der Waals surface area contributed by atoms with Crippen LogP contribution in [0.3, 0.4) is 0 Å². The lowest BCUT2D eigenvalue weighted by Crippen LogP contribution is -2.43. The molecule has 0 spiro atoms. The predicted molar refractivity (Wildman–Crippen MR) is 137 cm³/mol. The van der Waals surface area contributed by atoms with Crippen molar-refractivity contribution < 1.29 is 39.5 Å². The number of aliphatic hydroxyl groups excluding tert-OH is 2. The summed E-state index contributed by atoms with van der Waals surface area (Å²) in [5.41, 5.74) is 6.81. The van der Waals surface area contributed by atoms with Gasteiger partial charge in [0.15, 0.2) is 23.1 Å². The van der Waals surface area contributed by atoms with Crippen molar-refractivity contribution in [1.82, 2.24) is 0 Å². The third kappa shape index (κ3) is 3.91. The molecule has 0 saturated heterocycles. The molecule has 0 aliphatic heterocycles. The molecule has 1 unspecified atom stereocenters. The number of allylic oxidation sites excluding steroid dienone is 4. The number of carbonyl (C=O) groups excluding carboxylic acids is 3. The molecular formula is C29H27NO8. The first-order valence-electron chi connectivity index (χ1n) is 12.2. The van der Waals surface area contributed by atoms with Gasteiger partial charge in [-0.05, 0) is 54.4 Å². The predicted octanol–water partition coefficient (Wildman–Crippen LogP) is 3.44. The summed E-state index contributed by atoms with van der Waals surface area (Å²) in [7, 11) is 1.47. The molecule has 3 aliphatic carbocycles. The van der Waals surface area contributed by atoms with Crippen LogP contribution in [0.25, 0.3) is 6.08 Å². The normalized spacial score (nSPS) is 22.8. The maximum absolute atomic E-state index is 13.6. The first-order chi connectivity index (χ1) is 18.1. The summed E-state index contributed by atoms with van der Waals surface area (Å²) in [4.78, 5) is 38.3. The zero-order valence-electron chi connectivity index (χ0n) is 20.6. The lowest BCUT2D eigenvalue weighted by atomic mass is 9.62. The summed E-state index contributed by atoms with van der Waals surface area (Å²) >= 11 is 0. The van der Waals surface area contributed by atoms with E-state index in [4.69, 9.17) is 10.5 Å². The number of aliphatic hydroxyl groups is 2. The Morgan fingerprint density at radius 2 is 1.87 bits per heavy atom. The Balaban J connectivity index is 1.50. The van der Waals surface area contributed by atoms with Crippen LogP contribution in [0.2, 0.25) is 0 Å². The number of para-hydroxylation sites is 1. The number of carbonyl (C=O) groups is 3. The van der Waals surface area contributed by atoms with Crippen molar-refractivity contribution in [2.45, 2.75) is 25.7 Å². The van der Waals surface area contributed by atoms with E-state index in [0.29, 0.717) is 41.7 Å². The van der Waals surface area contributed by atoms with Gasteiger partial charge in [-0.15, -0.1) is 0 Å². The fourth-order valence-electron chi connectivity index (χ4n) is 6.03. The van der Waals surface area contributed by atoms with Crippen molar-refractivity contribution in [2.24, 2.45) is 23.5 Å². The van der Waals surface area contributed by atoms with Crippen LogP contribution < -0.4 is 10.5 Å². The molecule has 1 amide bonds. The first-order valence-corrected chi connectivity index (χ1v) is 12.2. The molecule has 0 bridgehead atoms. The number of ketones is 2. The number of phenolic OH excluding ortho intramolecular Hbond substituents is 2. The number of fused-ring (bicyclic) bond motifs is 3. The van der Waals surface area contributed by atoms with Gasteiger partial charge in [-0.2, -0.15) is 0 Å². The molecule has 0 radical (unpaired) electrons. The second-order valence-electron chi connectivity index (χ2n) is 9.86. The number of aromatic hydroxyl groups is 2. The molecule has 196 valence electrons. The molecule has 0 fully saturated rings. The van der Waals surface area contributed by atoms with Crippen molar-refractivity contribution >= 4 is 23.5 Å². The number of Topliss-reactive ketones (excluding diaryl/α,β-unsaturated/α-hetero) is 2. The highest BCUT2D eigenvalue weighted by Gasteiger charge is 2.50. The molecule has 0 aromatic heterocycles. The van der Waals surface area contributed by atoms with Gasteiger partial charge in [0.2, 0.25) is 0 Å². The van der Waals surface area contributed by atoms with Crippen LogP contribution in [-0.2, 0) is 22.4 Å². The van der Waals surface area contributed by atoms with Gasteiger partial charge in [-0.25, -0.2) is 0 Å². The summed E-state index contributed by atoms with van der Waals surface area (Å²) in [5, 5.41) is 42.3. The second kappa shape index (κ2) is 9.41. The van der Waals surface area contributed by atoms with Crippen molar-refractivity contribution in [3.63, 3.8) is 0 Å². The maximum atomic E-state index is 13.6. The average molecular weight is 518 g/mol. The summed E-state index contributed by atoms with van der Waals surface area (Å²) in [6.07, 6.45) is 4.67. The SMILES string of the molecule is COc1cccc(C/C=C\c2ccc(O)c3c2C[C@H]2C[C@H]4CC(O)=C(C(N)=O)C(=O)C4C(O)=C2C3=O)c1O. The van der Waals surface area contributed by atoms with E-state index in [1.165, 1.54) is 13.2 Å². The Morgan fingerprint density at radius 1 is 1.11 bits per heavy atom. The number of amides is 1. The van der Waals surface area contributed by atoms with Crippen molar-refractivity contribution in [1.29, 1.82) is 0 Å². The Labute approximate surface area is 218 Å². The van der Waals surface area contributed by atoms with E-state index in [-0.39, 0.29) is 29.1 Å². The van der Waals surface area contributed by atoms with Crippen LogP contribution in [0, 0.1) is 17.8 Å². The molecule has 9 nitrogen and oxygen atoms in total. The molecule has 0 saturated carbocycles. The first kappa shape index (κ1) is 25.1. The van der Waals surface area contributed by atoms with Gasteiger partial charge in [0, 0.05) is 17.6 Å².